The van der Waals surface area contributed by atoms with Crippen LogP contribution in [0.5, 0.6) is 0 Å². The van der Waals surface area contributed by atoms with Gasteiger partial charge < -0.3 is 25.0 Å². The van der Waals surface area contributed by atoms with Gasteiger partial charge in [0.05, 0.1) is 13.2 Å². The van der Waals surface area contributed by atoms with Gasteiger partial charge in [-0.3, -0.25) is 0 Å². The van der Waals surface area contributed by atoms with Crippen molar-refractivity contribution in [2.75, 3.05) is 49.6 Å². The highest BCUT2D eigenvalue weighted by Crippen LogP contribution is 2.37. The molecule has 204 valence electrons. The zero-order valence-corrected chi connectivity index (χ0v) is 23.6. The van der Waals surface area contributed by atoms with Crippen molar-refractivity contribution in [3.05, 3.63) is 66.6 Å². The van der Waals surface area contributed by atoms with E-state index in [1.165, 1.54) is 17.0 Å². The Hall–Kier alpha value is -2.33. The predicted octanol–water partition coefficient (Wildman–Crippen LogP) is 6.55. The van der Waals surface area contributed by atoms with Crippen molar-refractivity contribution in [2.45, 2.75) is 37.6 Å². The van der Waals surface area contributed by atoms with E-state index in [0.717, 1.165) is 50.0 Å². The number of anilines is 4. The Labute approximate surface area is 230 Å². The summed E-state index contributed by atoms with van der Waals surface area (Å²) in [5, 5.41) is 10.1. The van der Waals surface area contributed by atoms with E-state index < -0.39 is 8.38 Å². The third-order valence-corrected chi connectivity index (χ3v) is 8.63. The summed E-state index contributed by atoms with van der Waals surface area (Å²) in [6, 6.07) is 16.8. The molecule has 0 atom stereocenters. The minimum atomic E-state index is -0.767. The highest BCUT2D eigenvalue weighted by molar-refractivity contribution is 7.97. The van der Waals surface area contributed by atoms with E-state index in [4.69, 9.17) is 9.05 Å². The van der Waals surface area contributed by atoms with E-state index in [0.29, 0.717) is 31.0 Å². The summed E-state index contributed by atoms with van der Waals surface area (Å²) in [5.41, 5.74) is 1.67. The first-order valence-corrected chi connectivity index (χ1v) is 15.2. The summed E-state index contributed by atoms with van der Waals surface area (Å²) < 4.78 is 27.0. The summed E-state index contributed by atoms with van der Waals surface area (Å²) in [6.45, 7) is 8.48. The second kappa shape index (κ2) is 15.3. The number of halogens is 1. The van der Waals surface area contributed by atoms with Gasteiger partial charge in [0.15, 0.2) is 8.38 Å². The predicted molar refractivity (Wildman–Crippen MR) is 155 cm³/mol. The van der Waals surface area contributed by atoms with Crippen LogP contribution in [-0.4, -0.2) is 59.3 Å². The number of hydrogen-bond donors (Lipinski definition) is 3. The lowest BCUT2D eigenvalue weighted by molar-refractivity contribution is 0.267. The van der Waals surface area contributed by atoms with Gasteiger partial charge in [-0.1, -0.05) is 0 Å². The molecule has 0 bridgehead atoms. The minimum absolute atomic E-state index is 0.273. The highest BCUT2D eigenvalue weighted by Gasteiger charge is 2.20. The van der Waals surface area contributed by atoms with Gasteiger partial charge in [-0.2, -0.15) is 4.98 Å². The van der Waals surface area contributed by atoms with Crippen molar-refractivity contribution in [2.24, 2.45) is 0 Å². The van der Waals surface area contributed by atoms with Gasteiger partial charge in [0, 0.05) is 54.3 Å². The van der Waals surface area contributed by atoms with Crippen molar-refractivity contribution in [1.82, 2.24) is 19.6 Å². The molecule has 3 aromatic rings. The maximum Gasteiger partial charge on any atom is 0.229 e. The van der Waals surface area contributed by atoms with Crippen LogP contribution in [0.1, 0.15) is 26.7 Å². The molecule has 38 heavy (non-hydrogen) atoms. The third-order valence-electron chi connectivity index (χ3n) is 5.84. The van der Waals surface area contributed by atoms with E-state index in [-0.39, 0.29) is 5.82 Å². The van der Waals surface area contributed by atoms with E-state index in [1.807, 2.05) is 26.0 Å². The monoisotopic (exact) mass is 558 g/mol. The van der Waals surface area contributed by atoms with Crippen molar-refractivity contribution in [3.63, 3.8) is 0 Å². The number of nitrogens with zero attached hydrogens (tertiary/aromatic N) is 3. The normalized spacial score (nSPS) is 14.6. The number of hydrogen-bond acceptors (Lipinski definition) is 9. The molecule has 0 amide bonds. The first kappa shape index (κ1) is 28.7. The number of nitrogens with one attached hydrogen (secondary N) is 3. The fourth-order valence-electron chi connectivity index (χ4n) is 4.01. The zero-order chi connectivity index (χ0) is 26.6. The van der Waals surface area contributed by atoms with Gasteiger partial charge >= 0.3 is 0 Å². The molecule has 2 aromatic carbocycles. The van der Waals surface area contributed by atoms with Crippen LogP contribution in [0.4, 0.5) is 27.5 Å². The lowest BCUT2D eigenvalue weighted by Crippen LogP contribution is -2.40. The van der Waals surface area contributed by atoms with Gasteiger partial charge in [0.25, 0.3) is 0 Å². The van der Waals surface area contributed by atoms with Crippen LogP contribution in [0.25, 0.3) is 0 Å². The molecule has 2 heterocycles. The number of aromatic nitrogens is 2. The zero-order valence-electron chi connectivity index (χ0n) is 21.9. The van der Waals surface area contributed by atoms with Gasteiger partial charge in [-0.05, 0) is 93.2 Å². The molecular weight excluding hydrogens is 522 g/mol. The van der Waals surface area contributed by atoms with Gasteiger partial charge in [0.1, 0.15) is 11.6 Å². The second-order valence-corrected chi connectivity index (χ2v) is 11.5. The Bertz CT molecular complexity index is 1100. The van der Waals surface area contributed by atoms with E-state index in [1.54, 1.807) is 36.3 Å². The molecule has 4 rings (SSSR count). The largest absolute Gasteiger partial charge is 0.340 e. The smallest absolute Gasteiger partial charge is 0.229 e. The van der Waals surface area contributed by atoms with Crippen LogP contribution in [0.3, 0.4) is 0 Å². The maximum atomic E-state index is 13.1. The Morgan fingerprint density at radius 2 is 1.61 bits per heavy atom. The van der Waals surface area contributed by atoms with Crippen molar-refractivity contribution >= 4 is 43.5 Å². The number of rotatable bonds is 14. The average molecular weight is 559 g/mol. The SMILES string of the molecule is CCOP(CCNC1CCN(Sc2ccc(Nc3nccc(Nc4ccc(F)cc4)n3)cc2)CC1)OCC. The lowest BCUT2D eigenvalue weighted by atomic mass is 10.1. The quantitative estimate of drug-likeness (QED) is 0.151. The van der Waals surface area contributed by atoms with E-state index in [9.17, 15) is 4.39 Å². The Balaban J connectivity index is 1.19. The number of benzene rings is 2. The molecule has 0 saturated carbocycles. The molecule has 8 nitrogen and oxygen atoms in total. The fourth-order valence-corrected chi connectivity index (χ4v) is 6.18. The van der Waals surface area contributed by atoms with Crippen LogP contribution < -0.4 is 16.0 Å². The first-order chi connectivity index (χ1) is 18.6. The van der Waals surface area contributed by atoms with E-state index in [2.05, 4.69) is 42.4 Å². The maximum absolute atomic E-state index is 13.1. The number of piperidine rings is 1. The molecule has 0 spiro atoms. The average Bonchev–Trinajstić information content (AvgIpc) is 2.93. The first-order valence-electron chi connectivity index (χ1n) is 13.0. The molecule has 1 saturated heterocycles. The summed E-state index contributed by atoms with van der Waals surface area (Å²) in [7, 11) is -0.767. The molecule has 3 N–H and O–H groups in total. The Morgan fingerprint density at radius 1 is 0.947 bits per heavy atom. The summed E-state index contributed by atoms with van der Waals surface area (Å²) in [5.74, 6) is 0.843. The molecule has 1 aromatic heterocycles. The van der Waals surface area contributed by atoms with Crippen LogP contribution in [-0.2, 0) is 9.05 Å². The Kier molecular flexibility index (Phi) is 11.6. The van der Waals surface area contributed by atoms with Crippen molar-refractivity contribution in [3.8, 4) is 0 Å². The van der Waals surface area contributed by atoms with Crippen molar-refractivity contribution in [1.29, 1.82) is 0 Å². The molecule has 11 heteroatoms. The van der Waals surface area contributed by atoms with Crippen LogP contribution in [0.2, 0.25) is 0 Å². The van der Waals surface area contributed by atoms with Crippen LogP contribution >= 0.6 is 20.3 Å². The topological polar surface area (TPSA) is 83.6 Å². The third kappa shape index (κ3) is 9.45. The van der Waals surface area contributed by atoms with Crippen molar-refractivity contribution < 1.29 is 13.4 Å². The van der Waals surface area contributed by atoms with Gasteiger partial charge in [-0.15, -0.1) is 0 Å². The molecule has 0 unspecified atom stereocenters. The van der Waals surface area contributed by atoms with Gasteiger partial charge in [-0.25, -0.2) is 13.7 Å². The minimum Gasteiger partial charge on any atom is -0.340 e. The van der Waals surface area contributed by atoms with Crippen LogP contribution in [0, 0.1) is 5.82 Å². The standard InChI is InChI=1S/C27H36FN6O2PS/c1-3-35-37(36-4-2)20-17-29-22-14-18-34(19-15-22)38-25-11-9-24(10-12-25)32-27-30-16-13-26(33-27)31-23-7-5-21(28)6-8-23/h5-13,16,22,29H,3-4,14-15,17-20H2,1-2H3,(H2,30,31,32,33). The van der Waals surface area contributed by atoms with Crippen LogP contribution in [0.15, 0.2) is 65.7 Å². The fraction of sp³-hybridized carbons (Fsp3) is 0.407. The van der Waals surface area contributed by atoms with E-state index >= 15 is 0 Å². The molecule has 1 aliphatic rings. The molecule has 1 fully saturated rings. The molecule has 1 aliphatic heterocycles. The van der Waals surface area contributed by atoms with Gasteiger partial charge in [0.2, 0.25) is 5.95 Å². The highest BCUT2D eigenvalue weighted by atomic mass is 32.2. The summed E-state index contributed by atoms with van der Waals surface area (Å²) in [4.78, 5) is 10.0. The Morgan fingerprint density at radius 3 is 2.29 bits per heavy atom. The lowest BCUT2D eigenvalue weighted by Gasteiger charge is -2.31. The summed E-state index contributed by atoms with van der Waals surface area (Å²) >= 11 is 1.80. The molecule has 0 radical (unpaired) electrons. The second-order valence-electron chi connectivity index (χ2n) is 8.69. The summed E-state index contributed by atoms with van der Waals surface area (Å²) in [6.07, 6.45) is 4.88. The molecular formula is C27H36FN6O2PS. The molecule has 0 aliphatic carbocycles.